The first-order chi connectivity index (χ1) is 8.91. The van der Waals surface area contributed by atoms with Crippen LogP contribution in [0, 0.1) is 5.92 Å². The molecule has 0 spiro atoms. The molecule has 0 aromatic heterocycles. The summed E-state index contributed by atoms with van der Waals surface area (Å²) in [5, 5.41) is 12.6. The molecule has 112 valence electrons. The quantitative estimate of drug-likeness (QED) is 0.773. The van der Waals surface area contributed by atoms with Crippen molar-refractivity contribution in [3.8, 4) is 0 Å². The van der Waals surface area contributed by atoms with Crippen molar-refractivity contribution in [3.63, 3.8) is 0 Å². The van der Waals surface area contributed by atoms with Gasteiger partial charge < -0.3 is 10.4 Å². The Bertz CT molecular complexity index is 279. The molecular formula is C15H30N2O2. The van der Waals surface area contributed by atoms with Gasteiger partial charge in [-0.15, -0.1) is 0 Å². The Hall–Kier alpha value is -0.610. The summed E-state index contributed by atoms with van der Waals surface area (Å²) in [6, 6.07) is 0.247. The molecule has 3 atom stereocenters. The SMILES string of the molecule is CC(C)CNC(=O)C(C)N1CCCCC1CC(C)O. The molecule has 0 radical (unpaired) electrons. The number of piperidine rings is 1. The predicted octanol–water partition coefficient (Wildman–Crippen LogP) is 1.77. The van der Waals surface area contributed by atoms with Crippen molar-refractivity contribution in [2.45, 2.75) is 71.6 Å². The number of amides is 1. The fourth-order valence-electron chi connectivity index (χ4n) is 2.78. The Balaban J connectivity index is 2.55. The first kappa shape index (κ1) is 16.4. The Labute approximate surface area is 117 Å². The molecule has 0 bridgehead atoms. The first-order valence-corrected chi connectivity index (χ1v) is 7.63. The van der Waals surface area contributed by atoms with Gasteiger partial charge in [-0.25, -0.2) is 0 Å². The number of aliphatic hydroxyl groups is 1. The largest absolute Gasteiger partial charge is 0.393 e. The van der Waals surface area contributed by atoms with E-state index in [9.17, 15) is 9.90 Å². The first-order valence-electron chi connectivity index (χ1n) is 7.63. The van der Waals surface area contributed by atoms with Gasteiger partial charge in [0.05, 0.1) is 12.1 Å². The number of hydrogen-bond donors (Lipinski definition) is 2. The summed E-state index contributed by atoms with van der Waals surface area (Å²) < 4.78 is 0. The monoisotopic (exact) mass is 270 g/mol. The molecule has 1 rings (SSSR count). The lowest BCUT2D eigenvalue weighted by atomic mass is 9.95. The maximum Gasteiger partial charge on any atom is 0.237 e. The van der Waals surface area contributed by atoms with Crippen molar-refractivity contribution >= 4 is 5.91 Å². The predicted molar refractivity (Wildman–Crippen MR) is 78.0 cm³/mol. The van der Waals surface area contributed by atoms with Crippen LogP contribution >= 0.6 is 0 Å². The van der Waals surface area contributed by atoms with E-state index in [1.807, 2.05) is 13.8 Å². The summed E-state index contributed by atoms with van der Waals surface area (Å²) in [6.07, 6.45) is 3.91. The highest BCUT2D eigenvalue weighted by Crippen LogP contribution is 2.23. The minimum absolute atomic E-state index is 0.0946. The molecule has 2 N–H and O–H groups in total. The van der Waals surface area contributed by atoms with Crippen molar-refractivity contribution in [1.29, 1.82) is 0 Å². The van der Waals surface area contributed by atoms with Crippen molar-refractivity contribution in [2.75, 3.05) is 13.1 Å². The normalized spacial score (nSPS) is 24.2. The Kier molecular flexibility index (Phi) is 6.80. The van der Waals surface area contributed by atoms with Crippen LogP contribution in [0.25, 0.3) is 0 Å². The molecule has 4 heteroatoms. The number of nitrogens with zero attached hydrogens (tertiary/aromatic N) is 1. The lowest BCUT2D eigenvalue weighted by Gasteiger charge is -2.39. The van der Waals surface area contributed by atoms with Gasteiger partial charge in [0.15, 0.2) is 0 Å². The Morgan fingerprint density at radius 3 is 2.58 bits per heavy atom. The van der Waals surface area contributed by atoms with E-state index in [2.05, 4.69) is 24.1 Å². The lowest BCUT2D eigenvalue weighted by molar-refractivity contribution is -0.127. The number of aliphatic hydroxyl groups excluding tert-OH is 1. The van der Waals surface area contributed by atoms with Crippen LogP contribution in [0.4, 0.5) is 0 Å². The summed E-state index contributed by atoms with van der Waals surface area (Å²) >= 11 is 0. The van der Waals surface area contributed by atoms with E-state index in [0.717, 1.165) is 32.4 Å². The molecule has 0 aromatic carbocycles. The third-order valence-corrected chi connectivity index (χ3v) is 3.85. The standard InChI is InChI=1S/C15H30N2O2/c1-11(2)10-16-15(19)13(4)17-8-6-5-7-14(17)9-12(3)18/h11-14,18H,5-10H2,1-4H3,(H,16,19). The molecule has 19 heavy (non-hydrogen) atoms. The Morgan fingerprint density at radius 2 is 2.00 bits per heavy atom. The fourth-order valence-corrected chi connectivity index (χ4v) is 2.78. The van der Waals surface area contributed by atoms with Crippen LogP contribution in [0.3, 0.4) is 0 Å². The summed E-state index contributed by atoms with van der Waals surface area (Å²) in [4.78, 5) is 14.4. The molecule has 1 saturated heterocycles. The number of hydrogen-bond acceptors (Lipinski definition) is 3. The van der Waals surface area contributed by atoms with E-state index in [-0.39, 0.29) is 18.1 Å². The smallest absolute Gasteiger partial charge is 0.237 e. The van der Waals surface area contributed by atoms with Crippen LogP contribution in [0.5, 0.6) is 0 Å². The summed E-state index contributed by atoms with van der Waals surface area (Å²) in [5.41, 5.74) is 0. The molecular weight excluding hydrogens is 240 g/mol. The molecule has 1 amide bonds. The minimum atomic E-state index is -0.295. The zero-order valence-electron chi connectivity index (χ0n) is 12.9. The van der Waals surface area contributed by atoms with E-state index >= 15 is 0 Å². The highest BCUT2D eigenvalue weighted by Gasteiger charge is 2.30. The van der Waals surface area contributed by atoms with Crippen molar-refractivity contribution < 1.29 is 9.90 Å². The lowest BCUT2D eigenvalue weighted by Crippen LogP contribution is -2.52. The van der Waals surface area contributed by atoms with Gasteiger partial charge in [0, 0.05) is 12.6 Å². The van der Waals surface area contributed by atoms with Gasteiger partial charge in [-0.3, -0.25) is 9.69 Å². The topological polar surface area (TPSA) is 52.6 Å². The second-order valence-electron chi connectivity index (χ2n) is 6.29. The second kappa shape index (κ2) is 7.85. The van der Waals surface area contributed by atoms with E-state index in [1.54, 1.807) is 0 Å². The molecule has 0 aliphatic carbocycles. The zero-order valence-corrected chi connectivity index (χ0v) is 12.9. The van der Waals surface area contributed by atoms with E-state index in [1.165, 1.54) is 6.42 Å². The van der Waals surface area contributed by atoms with Gasteiger partial charge in [0.2, 0.25) is 5.91 Å². The van der Waals surface area contributed by atoms with E-state index < -0.39 is 0 Å². The van der Waals surface area contributed by atoms with Crippen LogP contribution in [-0.4, -0.2) is 47.2 Å². The number of carbonyl (C=O) groups excluding carboxylic acids is 1. The van der Waals surface area contributed by atoms with Gasteiger partial charge in [-0.05, 0) is 45.6 Å². The van der Waals surface area contributed by atoms with Crippen LogP contribution in [0.2, 0.25) is 0 Å². The van der Waals surface area contributed by atoms with Gasteiger partial charge in [-0.1, -0.05) is 20.3 Å². The van der Waals surface area contributed by atoms with Crippen molar-refractivity contribution in [3.05, 3.63) is 0 Å². The molecule has 4 nitrogen and oxygen atoms in total. The molecule has 1 heterocycles. The molecule has 1 aliphatic rings. The number of nitrogens with one attached hydrogen (secondary N) is 1. The summed E-state index contributed by atoms with van der Waals surface area (Å²) in [7, 11) is 0. The second-order valence-corrected chi connectivity index (χ2v) is 6.29. The van der Waals surface area contributed by atoms with E-state index in [4.69, 9.17) is 0 Å². The molecule has 1 aliphatic heterocycles. The molecule has 0 aromatic rings. The summed E-state index contributed by atoms with van der Waals surface area (Å²) in [5.74, 6) is 0.594. The van der Waals surface area contributed by atoms with Crippen LogP contribution < -0.4 is 5.32 Å². The fraction of sp³-hybridized carbons (Fsp3) is 0.933. The number of carbonyl (C=O) groups is 1. The third kappa shape index (κ3) is 5.49. The zero-order chi connectivity index (χ0) is 14.4. The maximum atomic E-state index is 12.2. The molecule has 1 fully saturated rings. The molecule has 0 saturated carbocycles. The van der Waals surface area contributed by atoms with Gasteiger partial charge >= 0.3 is 0 Å². The average Bonchev–Trinajstić information content (AvgIpc) is 2.35. The number of likely N-dealkylation sites (tertiary alicyclic amines) is 1. The Morgan fingerprint density at radius 1 is 1.32 bits per heavy atom. The average molecular weight is 270 g/mol. The summed E-state index contributed by atoms with van der Waals surface area (Å²) in [6.45, 7) is 9.71. The highest BCUT2D eigenvalue weighted by molar-refractivity contribution is 5.81. The van der Waals surface area contributed by atoms with E-state index in [0.29, 0.717) is 12.0 Å². The number of rotatable bonds is 6. The van der Waals surface area contributed by atoms with Crippen molar-refractivity contribution in [2.24, 2.45) is 5.92 Å². The minimum Gasteiger partial charge on any atom is -0.393 e. The third-order valence-electron chi connectivity index (χ3n) is 3.85. The van der Waals surface area contributed by atoms with Crippen LogP contribution in [0.15, 0.2) is 0 Å². The van der Waals surface area contributed by atoms with Crippen LogP contribution in [-0.2, 0) is 4.79 Å². The maximum absolute atomic E-state index is 12.2. The van der Waals surface area contributed by atoms with Gasteiger partial charge in [0.25, 0.3) is 0 Å². The molecule has 3 unspecified atom stereocenters. The van der Waals surface area contributed by atoms with Gasteiger partial charge in [-0.2, -0.15) is 0 Å². The van der Waals surface area contributed by atoms with Crippen molar-refractivity contribution in [1.82, 2.24) is 10.2 Å². The highest BCUT2D eigenvalue weighted by atomic mass is 16.3. The van der Waals surface area contributed by atoms with Crippen LogP contribution in [0.1, 0.15) is 53.4 Å². The van der Waals surface area contributed by atoms with Gasteiger partial charge in [0.1, 0.15) is 0 Å².